The van der Waals surface area contributed by atoms with Crippen molar-refractivity contribution < 1.29 is 33.5 Å². The molecule has 0 bridgehead atoms. The lowest BCUT2D eigenvalue weighted by Crippen LogP contribution is -2.40. The largest absolute Gasteiger partial charge is 0.493 e. The number of aromatic nitrogens is 1. The number of oxime groups is 1. The Morgan fingerprint density at radius 1 is 1.17 bits per heavy atom. The number of urea groups is 1. The Balaban J connectivity index is 1.61. The van der Waals surface area contributed by atoms with Crippen molar-refractivity contribution in [2.75, 3.05) is 37.6 Å². The van der Waals surface area contributed by atoms with E-state index in [1.165, 1.54) is 12.3 Å². The summed E-state index contributed by atoms with van der Waals surface area (Å²) in [7, 11) is 3.11. The van der Waals surface area contributed by atoms with E-state index < -0.39 is 0 Å². The second kappa shape index (κ2) is 10.7. The van der Waals surface area contributed by atoms with E-state index in [-0.39, 0.29) is 6.03 Å². The molecule has 36 heavy (non-hydrogen) atoms. The normalized spacial score (nSPS) is 13.2. The predicted molar refractivity (Wildman–Crippen MR) is 133 cm³/mol. The molecule has 0 unspecified atom stereocenters. The molecule has 2 heterocycles. The summed E-state index contributed by atoms with van der Waals surface area (Å²) in [5, 5.41) is 18.6. The van der Waals surface area contributed by atoms with Crippen LogP contribution in [0.1, 0.15) is 16.9 Å². The van der Waals surface area contributed by atoms with Crippen LogP contribution < -0.4 is 29.2 Å². The minimum absolute atomic E-state index is 0.302. The van der Waals surface area contributed by atoms with Crippen molar-refractivity contribution in [2.24, 2.45) is 5.16 Å². The van der Waals surface area contributed by atoms with Crippen LogP contribution >= 0.6 is 0 Å². The number of rotatable bonds is 7. The van der Waals surface area contributed by atoms with Gasteiger partial charge in [-0.2, -0.15) is 0 Å². The fourth-order valence-corrected chi connectivity index (χ4v) is 3.73. The number of aryl methyl sites for hydroxylation is 2. The van der Waals surface area contributed by atoms with E-state index in [9.17, 15) is 4.79 Å². The lowest BCUT2D eigenvalue weighted by Gasteiger charge is -2.29. The molecule has 0 saturated heterocycles. The second-order valence-corrected chi connectivity index (χ2v) is 7.80. The number of fused-ring (bicyclic) bond motifs is 1. The number of allylic oxidation sites excluding steroid dienone is 1. The van der Waals surface area contributed by atoms with E-state index in [1.807, 2.05) is 13.0 Å². The zero-order chi connectivity index (χ0) is 25.7. The minimum Gasteiger partial charge on any atom is -0.493 e. The van der Waals surface area contributed by atoms with Gasteiger partial charge in [0.2, 0.25) is 0 Å². The Labute approximate surface area is 207 Å². The Bertz CT molecular complexity index is 1320. The number of amides is 2. The van der Waals surface area contributed by atoms with Crippen molar-refractivity contribution in [1.29, 1.82) is 0 Å². The minimum atomic E-state index is -0.359. The Hall–Kier alpha value is -4.67. The van der Waals surface area contributed by atoms with Gasteiger partial charge in [0, 0.05) is 23.8 Å². The van der Waals surface area contributed by atoms with Crippen LogP contribution in [0.2, 0.25) is 0 Å². The molecule has 2 N–H and O–H groups in total. The number of hydrogen-bond acceptors (Lipinski definition) is 9. The van der Waals surface area contributed by atoms with Gasteiger partial charge in [-0.1, -0.05) is 10.3 Å². The summed E-state index contributed by atoms with van der Waals surface area (Å²) in [6.45, 7) is 4.30. The van der Waals surface area contributed by atoms with Gasteiger partial charge in [0.15, 0.2) is 17.3 Å². The molecule has 0 saturated carbocycles. The summed E-state index contributed by atoms with van der Waals surface area (Å²) in [5.41, 5.74) is 2.14. The third-order valence-corrected chi connectivity index (χ3v) is 5.42. The van der Waals surface area contributed by atoms with Crippen molar-refractivity contribution in [3.63, 3.8) is 0 Å². The van der Waals surface area contributed by atoms with Gasteiger partial charge in [0.1, 0.15) is 29.6 Å². The summed E-state index contributed by atoms with van der Waals surface area (Å²) in [5.74, 6) is 3.35. The van der Waals surface area contributed by atoms with Gasteiger partial charge in [0.05, 0.1) is 32.7 Å². The first kappa shape index (κ1) is 24.5. The van der Waals surface area contributed by atoms with Gasteiger partial charge in [-0.15, -0.1) is 0 Å². The maximum absolute atomic E-state index is 12.8. The number of carbonyl (C=O) groups is 1. The van der Waals surface area contributed by atoms with Crippen LogP contribution in [0.4, 0.5) is 16.3 Å². The molecule has 0 radical (unpaired) electrons. The highest BCUT2D eigenvalue weighted by Crippen LogP contribution is 2.38. The number of nitrogens with one attached hydrogen (secondary N) is 1. The summed E-state index contributed by atoms with van der Waals surface area (Å²) in [6, 6.07) is 10.0. The molecule has 11 nitrogen and oxygen atoms in total. The Morgan fingerprint density at radius 2 is 1.94 bits per heavy atom. The molecule has 1 aliphatic heterocycles. The zero-order valence-electron chi connectivity index (χ0n) is 20.3. The van der Waals surface area contributed by atoms with Gasteiger partial charge in [-0.3, -0.25) is 10.2 Å². The van der Waals surface area contributed by atoms with Crippen molar-refractivity contribution in [2.45, 2.75) is 13.8 Å². The quantitative estimate of drug-likeness (QED) is 0.211. The van der Waals surface area contributed by atoms with Crippen molar-refractivity contribution in [3.05, 3.63) is 59.4 Å². The lowest BCUT2D eigenvalue weighted by atomic mass is 10.1. The molecule has 2 aromatic carbocycles. The number of anilines is 2. The Kier molecular flexibility index (Phi) is 7.28. The topological polar surface area (TPSA) is 128 Å². The molecule has 0 fully saturated rings. The maximum Gasteiger partial charge on any atom is 0.327 e. The first-order valence-electron chi connectivity index (χ1n) is 11.0. The lowest BCUT2D eigenvalue weighted by molar-refractivity contribution is 0.250. The SMILES string of the molecule is COc1cc(C)c(/C(=C\C=N\O)Oc2ccc3c(c2)OCCN3C(=O)Nc2cc(C)on2)cc1OC. The fraction of sp³-hybridized carbons (Fsp3) is 0.240. The highest BCUT2D eigenvalue weighted by atomic mass is 16.5. The van der Waals surface area contributed by atoms with Gasteiger partial charge < -0.3 is 28.7 Å². The van der Waals surface area contributed by atoms with Gasteiger partial charge in [-0.25, -0.2) is 4.79 Å². The average Bonchev–Trinajstić information content (AvgIpc) is 3.30. The summed E-state index contributed by atoms with van der Waals surface area (Å²) < 4.78 is 27.8. The maximum atomic E-state index is 12.8. The first-order valence-corrected chi connectivity index (χ1v) is 11.0. The van der Waals surface area contributed by atoms with E-state index >= 15 is 0 Å². The Morgan fingerprint density at radius 3 is 2.64 bits per heavy atom. The van der Waals surface area contributed by atoms with Crippen LogP contribution in [0.5, 0.6) is 23.0 Å². The molecule has 4 rings (SSSR count). The molecule has 3 aromatic rings. The molecular weight excluding hydrogens is 468 g/mol. The van der Waals surface area contributed by atoms with E-state index in [2.05, 4.69) is 15.6 Å². The van der Waals surface area contributed by atoms with Crippen molar-refractivity contribution in [3.8, 4) is 23.0 Å². The van der Waals surface area contributed by atoms with Crippen molar-refractivity contribution in [1.82, 2.24) is 5.16 Å². The molecule has 11 heteroatoms. The van der Waals surface area contributed by atoms with Gasteiger partial charge in [-0.05, 0) is 43.7 Å². The number of ether oxygens (including phenoxy) is 4. The smallest absolute Gasteiger partial charge is 0.327 e. The predicted octanol–water partition coefficient (Wildman–Crippen LogP) is 4.62. The first-order chi connectivity index (χ1) is 17.4. The fourth-order valence-electron chi connectivity index (χ4n) is 3.73. The van der Waals surface area contributed by atoms with Gasteiger partial charge >= 0.3 is 6.03 Å². The molecule has 1 aliphatic rings. The number of carbonyl (C=O) groups excluding carboxylic acids is 1. The van der Waals surface area contributed by atoms with E-state index in [4.69, 9.17) is 28.7 Å². The van der Waals surface area contributed by atoms with Crippen LogP contribution in [-0.4, -0.2) is 50.0 Å². The van der Waals surface area contributed by atoms with Crippen LogP contribution in [0.3, 0.4) is 0 Å². The van der Waals surface area contributed by atoms with E-state index in [0.717, 1.165) is 5.56 Å². The third-order valence-electron chi connectivity index (χ3n) is 5.42. The van der Waals surface area contributed by atoms with Crippen LogP contribution in [-0.2, 0) is 0 Å². The summed E-state index contributed by atoms with van der Waals surface area (Å²) in [4.78, 5) is 14.4. The highest BCUT2D eigenvalue weighted by Gasteiger charge is 2.25. The summed E-state index contributed by atoms with van der Waals surface area (Å²) in [6.07, 6.45) is 2.73. The zero-order valence-corrected chi connectivity index (χ0v) is 20.3. The number of nitrogens with zero attached hydrogens (tertiary/aromatic N) is 3. The number of methoxy groups -OCH3 is 2. The molecule has 0 aliphatic carbocycles. The van der Waals surface area contributed by atoms with Crippen LogP contribution in [0.15, 0.2) is 52.2 Å². The third kappa shape index (κ3) is 5.19. The molecule has 1 aromatic heterocycles. The molecule has 0 atom stereocenters. The average molecular weight is 495 g/mol. The highest BCUT2D eigenvalue weighted by molar-refractivity contribution is 6.02. The molecular formula is C25H26N4O7. The van der Waals surface area contributed by atoms with Crippen LogP contribution in [0, 0.1) is 13.8 Å². The van der Waals surface area contributed by atoms with Crippen LogP contribution in [0.25, 0.3) is 5.76 Å². The monoisotopic (exact) mass is 494 g/mol. The molecule has 188 valence electrons. The summed E-state index contributed by atoms with van der Waals surface area (Å²) >= 11 is 0. The molecule has 0 spiro atoms. The molecule has 2 amide bonds. The number of hydrogen-bond donors (Lipinski definition) is 2. The van der Waals surface area contributed by atoms with E-state index in [1.54, 1.807) is 56.4 Å². The number of benzene rings is 2. The second-order valence-electron chi connectivity index (χ2n) is 7.80. The standard InChI is InChI=1S/C25H26N4O7/c1-15-11-22(32-3)23(33-4)14-18(15)20(7-8-26-31)35-17-5-6-19-21(13-17)34-10-9-29(19)25(30)27-24-12-16(2)36-28-24/h5-8,11-14,31H,9-10H2,1-4H3,(H,27,28,30)/b20-7+,26-8+. The van der Waals surface area contributed by atoms with Gasteiger partial charge in [0.25, 0.3) is 0 Å². The van der Waals surface area contributed by atoms with Crippen molar-refractivity contribution >= 4 is 29.5 Å². The van der Waals surface area contributed by atoms with E-state index in [0.29, 0.717) is 64.7 Å².